The van der Waals surface area contributed by atoms with Gasteiger partial charge in [-0.15, -0.1) is 0 Å². The molecule has 1 atom stereocenters. The van der Waals surface area contributed by atoms with Gasteiger partial charge in [0.15, 0.2) is 0 Å². The van der Waals surface area contributed by atoms with Crippen LogP contribution in [0.1, 0.15) is 6.42 Å². The van der Waals surface area contributed by atoms with Crippen LogP contribution in [0, 0.1) is 0 Å². The molecule has 0 aliphatic rings. The van der Waals surface area contributed by atoms with Gasteiger partial charge in [0.05, 0.1) is 6.04 Å². The van der Waals surface area contributed by atoms with E-state index < -0.39 is 6.04 Å². The minimum absolute atomic E-state index is 0.162. The molecule has 3 N–H and O–H groups in total. The van der Waals surface area contributed by atoms with Crippen LogP contribution in [-0.2, 0) is 4.79 Å². The lowest BCUT2D eigenvalue weighted by atomic mass is 10.2. The van der Waals surface area contributed by atoms with Crippen molar-refractivity contribution in [2.45, 2.75) is 12.5 Å². The molecule has 1 unspecified atom stereocenters. The van der Waals surface area contributed by atoms with Crippen LogP contribution in [-0.4, -0.2) is 17.7 Å². The summed E-state index contributed by atoms with van der Waals surface area (Å²) < 4.78 is 0. The van der Waals surface area contributed by atoms with E-state index in [1.165, 1.54) is 0 Å². The fraction of sp³-hybridized carbons (Fsp3) is 0.300. The molecule has 0 aliphatic carbocycles. The molecule has 14 heavy (non-hydrogen) atoms. The third-order valence-electron chi connectivity index (χ3n) is 1.82. The van der Waals surface area contributed by atoms with Crippen molar-refractivity contribution in [2.75, 3.05) is 11.1 Å². The summed E-state index contributed by atoms with van der Waals surface area (Å²) in [6, 6.07) is 8.78. The zero-order chi connectivity index (χ0) is 10.4. The van der Waals surface area contributed by atoms with E-state index in [1.807, 2.05) is 30.3 Å². The van der Waals surface area contributed by atoms with Crippen molar-refractivity contribution < 1.29 is 4.79 Å². The molecule has 1 aromatic rings. The Labute approximate surface area is 89.1 Å². The van der Waals surface area contributed by atoms with E-state index in [0.29, 0.717) is 12.2 Å². The average Bonchev–Trinajstić information content (AvgIpc) is 2.19. The molecule has 0 bridgehead atoms. The molecule has 76 valence electrons. The minimum atomic E-state index is -0.479. The Balaban J connectivity index is 2.49. The SMILES string of the molecule is NC(CCS)C(=O)Nc1ccccc1. The van der Waals surface area contributed by atoms with Crippen LogP contribution in [0.25, 0.3) is 0 Å². The number of amides is 1. The van der Waals surface area contributed by atoms with Crippen LogP contribution in [0.5, 0.6) is 0 Å². The predicted molar refractivity (Wildman–Crippen MR) is 61.5 cm³/mol. The highest BCUT2D eigenvalue weighted by molar-refractivity contribution is 7.80. The lowest BCUT2D eigenvalue weighted by Gasteiger charge is -2.10. The summed E-state index contributed by atoms with van der Waals surface area (Å²) in [5.74, 6) is 0.453. The third kappa shape index (κ3) is 3.40. The molecule has 0 saturated carbocycles. The highest BCUT2D eigenvalue weighted by Crippen LogP contribution is 2.05. The molecular formula is C10H14N2OS. The monoisotopic (exact) mass is 210 g/mol. The fourth-order valence-electron chi connectivity index (χ4n) is 1.03. The van der Waals surface area contributed by atoms with Crippen molar-refractivity contribution in [3.05, 3.63) is 30.3 Å². The van der Waals surface area contributed by atoms with Crippen LogP contribution in [0.15, 0.2) is 30.3 Å². The zero-order valence-electron chi connectivity index (χ0n) is 7.81. The first-order chi connectivity index (χ1) is 6.74. The average molecular weight is 210 g/mol. The lowest BCUT2D eigenvalue weighted by molar-refractivity contribution is -0.117. The van der Waals surface area contributed by atoms with Gasteiger partial charge in [-0.25, -0.2) is 0 Å². The van der Waals surface area contributed by atoms with Crippen molar-refractivity contribution in [3.63, 3.8) is 0 Å². The maximum atomic E-state index is 11.4. The van der Waals surface area contributed by atoms with Gasteiger partial charge in [0, 0.05) is 5.69 Å². The van der Waals surface area contributed by atoms with E-state index in [9.17, 15) is 4.79 Å². The summed E-state index contributed by atoms with van der Waals surface area (Å²) in [6.07, 6.45) is 0.585. The highest BCUT2D eigenvalue weighted by Gasteiger charge is 2.11. The Hall–Kier alpha value is -1.00. The van der Waals surface area contributed by atoms with E-state index >= 15 is 0 Å². The Morgan fingerprint density at radius 1 is 1.43 bits per heavy atom. The number of hydrogen-bond acceptors (Lipinski definition) is 3. The smallest absolute Gasteiger partial charge is 0.241 e. The highest BCUT2D eigenvalue weighted by atomic mass is 32.1. The van der Waals surface area contributed by atoms with Gasteiger partial charge in [-0.2, -0.15) is 12.6 Å². The number of thiol groups is 1. The molecule has 0 saturated heterocycles. The number of nitrogens with one attached hydrogen (secondary N) is 1. The molecule has 3 nitrogen and oxygen atoms in total. The molecule has 0 fully saturated rings. The van der Waals surface area contributed by atoms with Crippen molar-refractivity contribution in [2.24, 2.45) is 5.73 Å². The van der Waals surface area contributed by atoms with Gasteiger partial charge in [-0.1, -0.05) is 18.2 Å². The van der Waals surface area contributed by atoms with Crippen LogP contribution < -0.4 is 11.1 Å². The molecule has 0 aromatic heterocycles. The van der Waals surface area contributed by atoms with Gasteiger partial charge < -0.3 is 11.1 Å². The summed E-state index contributed by atoms with van der Waals surface area (Å²) in [5, 5.41) is 2.73. The van der Waals surface area contributed by atoms with Crippen molar-refractivity contribution >= 4 is 24.2 Å². The molecular weight excluding hydrogens is 196 g/mol. The Morgan fingerprint density at radius 3 is 2.64 bits per heavy atom. The standard InChI is InChI=1S/C10H14N2OS/c11-9(6-7-14)10(13)12-8-4-2-1-3-5-8/h1-5,9,14H,6-7,11H2,(H,12,13). The first-order valence-electron chi connectivity index (χ1n) is 4.46. The van der Waals surface area contributed by atoms with Gasteiger partial charge in [0.2, 0.25) is 5.91 Å². The quantitative estimate of drug-likeness (QED) is 0.656. The lowest BCUT2D eigenvalue weighted by Crippen LogP contribution is -2.35. The summed E-state index contributed by atoms with van der Waals surface area (Å²) in [7, 11) is 0. The minimum Gasteiger partial charge on any atom is -0.325 e. The number of carbonyl (C=O) groups is 1. The van der Waals surface area contributed by atoms with E-state index in [-0.39, 0.29) is 5.91 Å². The van der Waals surface area contributed by atoms with Gasteiger partial charge in [-0.3, -0.25) is 4.79 Å². The molecule has 1 aromatic carbocycles. The fourth-order valence-corrected chi connectivity index (χ4v) is 1.30. The molecule has 0 radical (unpaired) electrons. The van der Waals surface area contributed by atoms with Gasteiger partial charge >= 0.3 is 0 Å². The second-order valence-corrected chi connectivity index (χ2v) is 3.42. The van der Waals surface area contributed by atoms with Crippen molar-refractivity contribution in [1.82, 2.24) is 0 Å². The number of para-hydroxylation sites is 1. The number of carbonyl (C=O) groups excluding carboxylic acids is 1. The maximum Gasteiger partial charge on any atom is 0.241 e. The van der Waals surface area contributed by atoms with Crippen molar-refractivity contribution in [1.29, 1.82) is 0 Å². The molecule has 0 aliphatic heterocycles. The first-order valence-corrected chi connectivity index (χ1v) is 5.09. The normalized spacial score (nSPS) is 12.1. The van der Waals surface area contributed by atoms with Gasteiger partial charge in [-0.05, 0) is 24.3 Å². The zero-order valence-corrected chi connectivity index (χ0v) is 8.71. The van der Waals surface area contributed by atoms with Crippen LogP contribution in [0.4, 0.5) is 5.69 Å². The Kier molecular flexibility index (Phi) is 4.49. The van der Waals surface area contributed by atoms with E-state index in [1.54, 1.807) is 0 Å². The summed E-state index contributed by atoms with van der Waals surface area (Å²) in [5.41, 5.74) is 6.39. The van der Waals surface area contributed by atoms with E-state index in [4.69, 9.17) is 5.73 Å². The third-order valence-corrected chi connectivity index (χ3v) is 2.08. The second-order valence-electron chi connectivity index (χ2n) is 2.97. The molecule has 4 heteroatoms. The second kappa shape index (κ2) is 5.67. The summed E-state index contributed by atoms with van der Waals surface area (Å²) in [4.78, 5) is 11.4. The molecule has 0 heterocycles. The Bertz CT molecular complexity index is 289. The largest absolute Gasteiger partial charge is 0.325 e. The molecule has 1 rings (SSSR count). The van der Waals surface area contributed by atoms with E-state index in [2.05, 4.69) is 17.9 Å². The van der Waals surface area contributed by atoms with Gasteiger partial charge in [0.25, 0.3) is 0 Å². The summed E-state index contributed by atoms with van der Waals surface area (Å²) >= 11 is 4.02. The molecule has 0 spiro atoms. The topological polar surface area (TPSA) is 55.1 Å². The van der Waals surface area contributed by atoms with Crippen molar-refractivity contribution in [3.8, 4) is 0 Å². The Morgan fingerprint density at radius 2 is 2.07 bits per heavy atom. The van der Waals surface area contributed by atoms with E-state index in [0.717, 1.165) is 5.69 Å². The molecule has 1 amide bonds. The number of hydrogen-bond donors (Lipinski definition) is 3. The number of nitrogens with two attached hydrogens (primary N) is 1. The maximum absolute atomic E-state index is 11.4. The first kappa shape index (κ1) is 11.1. The number of benzene rings is 1. The number of rotatable bonds is 4. The number of anilines is 1. The van der Waals surface area contributed by atoms with Gasteiger partial charge in [0.1, 0.15) is 0 Å². The van der Waals surface area contributed by atoms with Crippen LogP contribution in [0.2, 0.25) is 0 Å². The summed E-state index contributed by atoms with van der Waals surface area (Å²) in [6.45, 7) is 0. The predicted octanol–water partition coefficient (Wildman–Crippen LogP) is 1.27. The van der Waals surface area contributed by atoms with Crippen LogP contribution >= 0.6 is 12.6 Å². The van der Waals surface area contributed by atoms with Crippen LogP contribution in [0.3, 0.4) is 0 Å².